The van der Waals surface area contributed by atoms with E-state index in [4.69, 9.17) is 4.74 Å². The topological polar surface area (TPSA) is 67.4 Å². The molecule has 0 aliphatic heterocycles. The molecule has 3 rings (SSSR count). The summed E-state index contributed by atoms with van der Waals surface area (Å²) in [6.07, 6.45) is 0. The number of carbonyl (C=O) groups excluding carboxylic acids is 2. The number of carbonyl (C=O) groups is 2. The second-order valence-corrected chi connectivity index (χ2v) is 7.91. The summed E-state index contributed by atoms with van der Waals surface area (Å²) in [5, 5.41) is 5.59. The van der Waals surface area contributed by atoms with Crippen LogP contribution in [0.3, 0.4) is 0 Å². The first-order chi connectivity index (χ1) is 14.4. The third kappa shape index (κ3) is 5.94. The van der Waals surface area contributed by atoms with Crippen molar-refractivity contribution in [2.24, 2.45) is 0 Å². The van der Waals surface area contributed by atoms with Gasteiger partial charge in [-0.3, -0.25) is 9.59 Å². The number of anilines is 1. The van der Waals surface area contributed by atoms with Crippen LogP contribution in [0.5, 0.6) is 5.75 Å². The lowest BCUT2D eigenvalue weighted by Crippen LogP contribution is -2.30. The lowest BCUT2D eigenvalue weighted by atomic mass is 10.1. The number of ether oxygens (including phenoxy) is 1. The summed E-state index contributed by atoms with van der Waals surface area (Å²) in [6.45, 7) is 3.68. The molecule has 0 aliphatic carbocycles. The highest BCUT2D eigenvalue weighted by atomic mass is 79.9. The van der Waals surface area contributed by atoms with Crippen molar-refractivity contribution in [2.45, 2.75) is 19.9 Å². The van der Waals surface area contributed by atoms with Gasteiger partial charge in [0.15, 0.2) is 6.61 Å². The van der Waals surface area contributed by atoms with E-state index in [1.807, 2.05) is 62.4 Å². The molecule has 0 heterocycles. The molecule has 0 radical (unpaired) electrons. The van der Waals surface area contributed by atoms with Crippen LogP contribution in [0.4, 0.5) is 5.69 Å². The minimum absolute atomic E-state index is 0.0649. The van der Waals surface area contributed by atoms with Gasteiger partial charge in [0.2, 0.25) is 0 Å². The Balaban J connectivity index is 1.55. The van der Waals surface area contributed by atoms with Crippen LogP contribution in [0.1, 0.15) is 24.2 Å². The first kappa shape index (κ1) is 21.6. The van der Waals surface area contributed by atoms with Crippen LogP contribution in [-0.4, -0.2) is 24.5 Å². The van der Waals surface area contributed by atoms with Crippen LogP contribution in [0.25, 0.3) is 11.1 Å². The predicted octanol–water partition coefficient (Wildman–Crippen LogP) is 5.27. The van der Waals surface area contributed by atoms with Crippen molar-refractivity contribution in [3.8, 4) is 16.9 Å². The number of amides is 2. The quantitative estimate of drug-likeness (QED) is 0.498. The smallest absolute Gasteiger partial charge is 0.262 e. The molecule has 6 heteroatoms. The van der Waals surface area contributed by atoms with E-state index in [1.165, 1.54) is 0 Å². The molecule has 0 aromatic heterocycles. The molecule has 154 valence electrons. The van der Waals surface area contributed by atoms with E-state index in [9.17, 15) is 9.59 Å². The van der Waals surface area contributed by atoms with Crippen molar-refractivity contribution in [3.05, 3.63) is 82.8 Å². The van der Waals surface area contributed by atoms with E-state index in [-0.39, 0.29) is 24.5 Å². The normalized spacial score (nSPS) is 10.5. The molecule has 2 amide bonds. The van der Waals surface area contributed by atoms with Gasteiger partial charge in [-0.1, -0.05) is 36.4 Å². The summed E-state index contributed by atoms with van der Waals surface area (Å²) >= 11 is 3.51. The van der Waals surface area contributed by atoms with E-state index in [0.29, 0.717) is 17.0 Å². The van der Waals surface area contributed by atoms with Gasteiger partial charge in [-0.2, -0.15) is 0 Å². The first-order valence-corrected chi connectivity index (χ1v) is 10.4. The van der Waals surface area contributed by atoms with Crippen molar-refractivity contribution in [3.63, 3.8) is 0 Å². The van der Waals surface area contributed by atoms with Gasteiger partial charge in [-0.25, -0.2) is 0 Å². The Morgan fingerprint density at radius 2 is 1.63 bits per heavy atom. The van der Waals surface area contributed by atoms with E-state index in [2.05, 4.69) is 26.6 Å². The molecule has 0 bridgehead atoms. The van der Waals surface area contributed by atoms with Crippen molar-refractivity contribution in [1.82, 2.24) is 5.32 Å². The number of hydrogen-bond donors (Lipinski definition) is 2. The van der Waals surface area contributed by atoms with Gasteiger partial charge < -0.3 is 15.4 Å². The Morgan fingerprint density at radius 1 is 0.933 bits per heavy atom. The minimum Gasteiger partial charge on any atom is -0.483 e. The van der Waals surface area contributed by atoms with Crippen LogP contribution in [-0.2, 0) is 4.79 Å². The molecule has 0 fully saturated rings. The summed E-state index contributed by atoms with van der Waals surface area (Å²) in [4.78, 5) is 24.2. The van der Waals surface area contributed by atoms with E-state index < -0.39 is 0 Å². The van der Waals surface area contributed by atoms with Gasteiger partial charge in [0, 0.05) is 17.3 Å². The zero-order chi connectivity index (χ0) is 21.5. The molecule has 3 aromatic rings. The van der Waals surface area contributed by atoms with Crippen molar-refractivity contribution < 1.29 is 14.3 Å². The SMILES string of the molecule is CC(C)NC(=O)c1ccc(NC(=O)COc2ccc(-c3ccccc3)cc2Br)cc1. The van der Waals surface area contributed by atoms with Crippen molar-refractivity contribution in [1.29, 1.82) is 0 Å². The van der Waals surface area contributed by atoms with E-state index >= 15 is 0 Å². The fraction of sp³-hybridized carbons (Fsp3) is 0.167. The summed E-state index contributed by atoms with van der Waals surface area (Å²) < 4.78 is 6.42. The average molecular weight is 467 g/mol. The zero-order valence-corrected chi connectivity index (χ0v) is 18.4. The molecule has 0 spiro atoms. The number of rotatable bonds is 7. The highest BCUT2D eigenvalue weighted by molar-refractivity contribution is 9.10. The highest BCUT2D eigenvalue weighted by Crippen LogP contribution is 2.30. The molecular formula is C24H23BrN2O3. The molecule has 5 nitrogen and oxygen atoms in total. The van der Waals surface area contributed by atoms with Gasteiger partial charge >= 0.3 is 0 Å². The minimum atomic E-state index is -0.284. The molecule has 0 saturated heterocycles. The highest BCUT2D eigenvalue weighted by Gasteiger charge is 2.10. The maximum absolute atomic E-state index is 12.2. The molecule has 0 saturated carbocycles. The lowest BCUT2D eigenvalue weighted by Gasteiger charge is -2.11. The van der Waals surface area contributed by atoms with E-state index in [0.717, 1.165) is 15.6 Å². The first-order valence-electron chi connectivity index (χ1n) is 9.61. The third-order valence-electron chi connectivity index (χ3n) is 4.25. The third-order valence-corrected chi connectivity index (χ3v) is 4.87. The fourth-order valence-corrected chi connectivity index (χ4v) is 3.31. The number of benzene rings is 3. The lowest BCUT2D eigenvalue weighted by molar-refractivity contribution is -0.118. The van der Waals surface area contributed by atoms with Gasteiger partial charge in [-0.05, 0) is 77.3 Å². The monoisotopic (exact) mass is 466 g/mol. The molecule has 2 N–H and O–H groups in total. The Kier molecular flexibility index (Phi) is 7.25. The molecule has 30 heavy (non-hydrogen) atoms. The average Bonchev–Trinajstić information content (AvgIpc) is 2.73. The standard InChI is InChI=1S/C24H23BrN2O3/c1-16(2)26-24(29)18-8-11-20(12-9-18)27-23(28)15-30-22-13-10-19(14-21(22)25)17-6-4-3-5-7-17/h3-14,16H,15H2,1-2H3,(H,26,29)(H,27,28). The Bertz CT molecular complexity index is 1020. The summed E-state index contributed by atoms with van der Waals surface area (Å²) in [5.74, 6) is 0.161. The second-order valence-electron chi connectivity index (χ2n) is 7.05. The number of nitrogens with one attached hydrogen (secondary N) is 2. The van der Waals surface area contributed by atoms with Crippen LogP contribution in [0.2, 0.25) is 0 Å². The molecule has 0 unspecified atom stereocenters. The molecule has 0 atom stereocenters. The van der Waals surface area contributed by atoms with Crippen LogP contribution in [0, 0.1) is 0 Å². The Labute approximate surface area is 184 Å². The summed E-state index contributed by atoms with van der Waals surface area (Å²) in [5.41, 5.74) is 3.30. The van der Waals surface area contributed by atoms with Gasteiger partial charge in [0.1, 0.15) is 5.75 Å². The number of halogens is 1. The van der Waals surface area contributed by atoms with Crippen LogP contribution >= 0.6 is 15.9 Å². The maximum atomic E-state index is 12.2. The molecule has 3 aromatic carbocycles. The van der Waals surface area contributed by atoms with Crippen LogP contribution in [0.15, 0.2) is 77.3 Å². The summed E-state index contributed by atoms with van der Waals surface area (Å²) in [6, 6.07) is 22.6. The molecule has 0 aliphatic rings. The summed E-state index contributed by atoms with van der Waals surface area (Å²) in [7, 11) is 0. The van der Waals surface area contributed by atoms with Crippen LogP contribution < -0.4 is 15.4 Å². The Morgan fingerprint density at radius 3 is 2.27 bits per heavy atom. The zero-order valence-electron chi connectivity index (χ0n) is 16.8. The van der Waals surface area contributed by atoms with Gasteiger partial charge in [-0.15, -0.1) is 0 Å². The number of hydrogen-bond acceptors (Lipinski definition) is 3. The van der Waals surface area contributed by atoms with Gasteiger partial charge in [0.05, 0.1) is 4.47 Å². The largest absolute Gasteiger partial charge is 0.483 e. The predicted molar refractivity (Wildman–Crippen MR) is 123 cm³/mol. The van der Waals surface area contributed by atoms with E-state index in [1.54, 1.807) is 24.3 Å². The van der Waals surface area contributed by atoms with Crippen molar-refractivity contribution >= 4 is 33.4 Å². The fourth-order valence-electron chi connectivity index (χ4n) is 2.82. The second kappa shape index (κ2) is 10.1. The molecular weight excluding hydrogens is 444 g/mol. The van der Waals surface area contributed by atoms with Crippen molar-refractivity contribution in [2.75, 3.05) is 11.9 Å². The Hall–Kier alpha value is -3.12. The van der Waals surface area contributed by atoms with Gasteiger partial charge in [0.25, 0.3) is 11.8 Å². The maximum Gasteiger partial charge on any atom is 0.262 e.